The Morgan fingerprint density at radius 3 is 2.36 bits per heavy atom. The number of methoxy groups -OCH3 is 1. The zero-order valence-corrected chi connectivity index (χ0v) is 17.0. The number of hydrogen-bond acceptors (Lipinski definition) is 3. The first kappa shape index (κ1) is 20.1. The van der Waals surface area contributed by atoms with Gasteiger partial charge in [0.05, 0.1) is 7.11 Å². The van der Waals surface area contributed by atoms with Crippen molar-refractivity contribution in [1.82, 2.24) is 0 Å². The molecule has 6 heteroatoms. The van der Waals surface area contributed by atoms with Crippen LogP contribution in [0.15, 0.2) is 60.7 Å². The minimum atomic E-state index is -0.257. The first-order valence-electron chi connectivity index (χ1n) is 8.59. The Kier molecular flexibility index (Phi) is 6.45. The highest BCUT2D eigenvalue weighted by Gasteiger charge is 2.13. The second kappa shape index (κ2) is 9.00. The number of anilines is 1. The molecule has 0 saturated carbocycles. The van der Waals surface area contributed by atoms with Crippen LogP contribution in [-0.2, 0) is 6.61 Å². The maximum Gasteiger partial charge on any atom is 0.255 e. The Hall–Kier alpha value is -2.69. The van der Waals surface area contributed by atoms with Gasteiger partial charge in [-0.1, -0.05) is 41.4 Å². The summed E-state index contributed by atoms with van der Waals surface area (Å²) in [6, 6.07) is 17.8. The lowest BCUT2D eigenvalue weighted by Crippen LogP contribution is -2.13. The van der Waals surface area contributed by atoms with Gasteiger partial charge in [0.1, 0.15) is 6.61 Å². The molecule has 28 heavy (non-hydrogen) atoms. The van der Waals surface area contributed by atoms with Crippen molar-refractivity contribution in [3.63, 3.8) is 0 Å². The third-order valence-electron chi connectivity index (χ3n) is 4.18. The van der Waals surface area contributed by atoms with Gasteiger partial charge in [0, 0.05) is 21.3 Å². The molecular weight excluding hydrogens is 397 g/mol. The van der Waals surface area contributed by atoms with Crippen molar-refractivity contribution in [1.29, 1.82) is 0 Å². The molecule has 3 aromatic rings. The van der Waals surface area contributed by atoms with Crippen LogP contribution < -0.4 is 14.8 Å². The number of ether oxygens (including phenoxy) is 2. The number of benzene rings is 3. The van der Waals surface area contributed by atoms with E-state index in [1.165, 1.54) is 7.11 Å². The highest BCUT2D eigenvalue weighted by Crippen LogP contribution is 2.30. The molecule has 0 aliphatic rings. The van der Waals surface area contributed by atoms with E-state index in [-0.39, 0.29) is 5.91 Å². The minimum absolute atomic E-state index is 0.257. The number of halogens is 2. The molecule has 0 aliphatic heterocycles. The average molecular weight is 416 g/mol. The minimum Gasteiger partial charge on any atom is -0.493 e. The molecule has 3 rings (SSSR count). The van der Waals surface area contributed by atoms with Gasteiger partial charge in [0.25, 0.3) is 5.91 Å². The van der Waals surface area contributed by atoms with Crippen LogP contribution in [0, 0.1) is 6.92 Å². The summed E-state index contributed by atoms with van der Waals surface area (Å²) in [5.74, 6) is 0.769. The van der Waals surface area contributed by atoms with E-state index < -0.39 is 0 Å². The van der Waals surface area contributed by atoms with Crippen molar-refractivity contribution in [2.75, 3.05) is 12.4 Å². The van der Waals surface area contributed by atoms with Crippen molar-refractivity contribution in [2.45, 2.75) is 13.5 Å². The Balaban J connectivity index is 1.73. The zero-order valence-electron chi connectivity index (χ0n) is 15.5. The van der Waals surface area contributed by atoms with Crippen LogP contribution in [0.5, 0.6) is 11.5 Å². The molecule has 0 atom stereocenters. The standard InChI is InChI=1S/C22H19Cl2NO3/c1-14-3-7-18(24)12-19(14)25-22(26)16-6-10-20(21(11-16)27-2)28-13-15-4-8-17(23)9-5-15/h3-12H,13H2,1-2H3,(H,25,26). The van der Waals surface area contributed by atoms with Gasteiger partial charge in [-0.15, -0.1) is 0 Å². The Bertz CT molecular complexity index is 988. The summed E-state index contributed by atoms with van der Waals surface area (Å²) >= 11 is 11.9. The molecule has 0 heterocycles. The normalized spacial score (nSPS) is 10.4. The molecule has 4 nitrogen and oxygen atoms in total. The molecule has 0 radical (unpaired) electrons. The van der Waals surface area contributed by atoms with Crippen LogP contribution >= 0.6 is 23.2 Å². The monoisotopic (exact) mass is 415 g/mol. The molecule has 1 N–H and O–H groups in total. The van der Waals surface area contributed by atoms with Gasteiger partial charge in [-0.05, 0) is 60.5 Å². The van der Waals surface area contributed by atoms with Crippen molar-refractivity contribution in [3.8, 4) is 11.5 Å². The van der Waals surface area contributed by atoms with E-state index in [2.05, 4.69) is 5.32 Å². The van der Waals surface area contributed by atoms with Crippen LogP contribution in [0.25, 0.3) is 0 Å². The SMILES string of the molecule is COc1cc(C(=O)Nc2cc(Cl)ccc2C)ccc1OCc1ccc(Cl)cc1. The third-order valence-corrected chi connectivity index (χ3v) is 4.67. The number of amides is 1. The van der Waals surface area contributed by atoms with Gasteiger partial charge < -0.3 is 14.8 Å². The number of carbonyl (C=O) groups is 1. The number of aryl methyl sites for hydroxylation is 1. The number of rotatable bonds is 6. The summed E-state index contributed by atoms with van der Waals surface area (Å²) in [4.78, 5) is 12.6. The largest absolute Gasteiger partial charge is 0.493 e. The average Bonchev–Trinajstić information content (AvgIpc) is 2.70. The van der Waals surface area contributed by atoms with Crippen molar-refractivity contribution in [3.05, 3.63) is 87.4 Å². The maximum atomic E-state index is 12.6. The molecule has 0 aliphatic carbocycles. The fraction of sp³-hybridized carbons (Fsp3) is 0.136. The van der Waals surface area contributed by atoms with Gasteiger partial charge in [0.15, 0.2) is 11.5 Å². The molecule has 0 saturated heterocycles. The van der Waals surface area contributed by atoms with Crippen molar-refractivity contribution >= 4 is 34.8 Å². The Labute approximate surface area is 174 Å². The van der Waals surface area contributed by atoms with Crippen LogP contribution in [0.2, 0.25) is 10.0 Å². The molecule has 0 fully saturated rings. The van der Waals surface area contributed by atoms with Gasteiger partial charge in [0.2, 0.25) is 0 Å². The highest BCUT2D eigenvalue weighted by molar-refractivity contribution is 6.31. The lowest BCUT2D eigenvalue weighted by Gasteiger charge is -2.13. The zero-order chi connectivity index (χ0) is 20.1. The predicted molar refractivity (Wildman–Crippen MR) is 113 cm³/mol. The van der Waals surface area contributed by atoms with E-state index in [1.54, 1.807) is 30.3 Å². The maximum absolute atomic E-state index is 12.6. The van der Waals surface area contributed by atoms with E-state index in [4.69, 9.17) is 32.7 Å². The van der Waals surface area contributed by atoms with Crippen molar-refractivity contribution in [2.24, 2.45) is 0 Å². The van der Waals surface area contributed by atoms with Gasteiger partial charge in [-0.25, -0.2) is 0 Å². The van der Waals surface area contributed by atoms with E-state index in [9.17, 15) is 4.79 Å². The summed E-state index contributed by atoms with van der Waals surface area (Å²) in [6.45, 7) is 2.26. The van der Waals surface area contributed by atoms with Crippen LogP contribution in [-0.4, -0.2) is 13.0 Å². The quantitative estimate of drug-likeness (QED) is 0.525. The molecule has 0 bridgehead atoms. The van der Waals surface area contributed by atoms with Crippen LogP contribution in [0.1, 0.15) is 21.5 Å². The summed E-state index contributed by atoms with van der Waals surface area (Å²) in [7, 11) is 1.54. The molecule has 0 unspecified atom stereocenters. The van der Waals surface area contributed by atoms with Gasteiger partial charge in [-0.3, -0.25) is 4.79 Å². The lowest BCUT2D eigenvalue weighted by molar-refractivity contribution is 0.102. The fourth-order valence-corrected chi connectivity index (χ4v) is 2.89. The van der Waals surface area contributed by atoms with E-state index in [0.717, 1.165) is 11.1 Å². The topological polar surface area (TPSA) is 47.6 Å². The number of nitrogens with one attached hydrogen (secondary N) is 1. The second-order valence-electron chi connectivity index (χ2n) is 6.19. The molecular formula is C22H19Cl2NO3. The Morgan fingerprint density at radius 2 is 1.64 bits per heavy atom. The van der Waals surface area contributed by atoms with Gasteiger partial charge in [-0.2, -0.15) is 0 Å². The first-order valence-corrected chi connectivity index (χ1v) is 9.34. The van der Waals surface area contributed by atoms with E-state index in [0.29, 0.717) is 39.4 Å². The number of hydrogen-bond donors (Lipinski definition) is 1. The van der Waals surface area contributed by atoms with Crippen molar-refractivity contribution < 1.29 is 14.3 Å². The predicted octanol–water partition coefficient (Wildman–Crippen LogP) is 6.14. The molecule has 0 spiro atoms. The lowest BCUT2D eigenvalue weighted by atomic mass is 10.1. The molecule has 144 valence electrons. The highest BCUT2D eigenvalue weighted by atomic mass is 35.5. The molecule has 1 amide bonds. The Morgan fingerprint density at radius 1 is 0.929 bits per heavy atom. The second-order valence-corrected chi connectivity index (χ2v) is 7.07. The summed E-state index contributed by atoms with van der Waals surface area (Å²) in [5.41, 5.74) is 3.02. The summed E-state index contributed by atoms with van der Waals surface area (Å²) in [5, 5.41) is 4.10. The van der Waals surface area contributed by atoms with E-state index in [1.807, 2.05) is 37.3 Å². The third kappa shape index (κ3) is 4.97. The van der Waals surface area contributed by atoms with Crippen LogP contribution in [0.3, 0.4) is 0 Å². The molecule has 0 aromatic heterocycles. The molecule has 3 aromatic carbocycles. The first-order chi connectivity index (χ1) is 13.5. The van der Waals surface area contributed by atoms with E-state index >= 15 is 0 Å². The summed E-state index contributed by atoms with van der Waals surface area (Å²) < 4.78 is 11.2. The fourth-order valence-electron chi connectivity index (χ4n) is 2.59. The van der Waals surface area contributed by atoms with Crippen LogP contribution in [0.4, 0.5) is 5.69 Å². The summed E-state index contributed by atoms with van der Waals surface area (Å²) in [6.07, 6.45) is 0. The number of carbonyl (C=O) groups excluding carboxylic acids is 1. The van der Waals surface area contributed by atoms with Gasteiger partial charge >= 0.3 is 0 Å². The smallest absolute Gasteiger partial charge is 0.255 e.